The molecule has 0 aromatic carbocycles. The number of likely N-dealkylation sites (tertiary alicyclic amines) is 1. The summed E-state index contributed by atoms with van der Waals surface area (Å²) in [6.45, 7) is 2.09. The fraction of sp³-hybridized carbons (Fsp3) is 0.786. The topological polar surface area (TPSA) is 95.9 Å². The van der Waals surface area contributed by atoms with Crippen LogP contribution < -0.4 is 5.32 Å². The van der Waals surface area contributed by atoms with Crippen LogP contribution in [0.15, 0.2) is 0 Å². The number of carbonyl (C=O) groups excluding carboxylic acids is 2. The van der Waals surface area contributed by atoms with E-state index in [4.69, 9.17) is 9.84 Å². The molecule has 1 aliphatic rings. The van der Waals surface area contributed by atoms with Gasteiger partial charge >= 0.3 is 11.9 Å². The highest BCUT2D eigenvalue weighted by molar-refractivity contribution is 7.98. The summed E-state index contributed by atoms with van der Waals surface area (Å²) in [6.07, 6.45) is 3.64. The first-order chi connectivity index (χ1) is 10.4. The van der Waals surface area contributed by atoms with E-state index < -0.39 is 30.1 Å². The lowest BCUT2D eigenvalue weighted by atomic mass is 10.1. The van der Waals surface area contributed by atoms with Crippen molar-refractivity contribution >= 4 is 29.6 Å². The number of nitrogens with one attached hydrogen (secondary N) is 1. The summed E-state index contributed by atoms with van der Waals surface area (Å²) in [6, 6.07) is -1.97. The third-order valence-corrected chi connectivity index (χ3v) is 4.38. The smallest absolute Gasteiger partial charge is 0.326 e. The number of carbonyl (C=O) groups is 3. The fourth-order valence-electron chi connectivity index (χ4n) is 2.56. The number of amides is 1. The van der Waals surface area contributed by atoms with Crippen LogP contribution in [0.5, 0.6) is 0 Å². The van der Waals surface area contributed by atoms with E-state index in [0.717, 1.165) is 5.75 Å². The van der Waals surface area contributed by atoms with Crippen LogP contribution in [0.3, 0.4) is 0 Å². The number of carboxylic acids is 1. The number of methoxy groups -OCH3 is 1. The molecular formula is C14H24N2O5S. The average Bonchev–Trinajstić information content (AvgIpc) is 2.99. The van der Waals surface area contributed by atoms with Gasteiger partial charge in [0.15, 0.2) is 0 Å². The van der Waals surface area contributed by atoms with Crippen LogP contribution in [0.25, 0.3) is 0 Å². The molecule has 0 bridgehead atoms. The second kappa shape index (κ2) is 8.99. The maximum Gasteiger partial charge on any atom is 0.326 e. The molecule has 0 aliphatic carbocycles. The number of ether oxygens (including phenoxy) is 1. The minimum Gasteiger partial charge on any atom is -0.480 e. The SMILES string of the molecule is COC(=O)C(CCSC)NC(C)C(=O)N1CCC[C@H]1C(=O)O. The lowest BCUT2D eigenvalue weighted by Crippen LogP contribution is -2.53. The number of hydrogen-bond donors (Lipinski definition) is 2. The monoisotopic (exact) mass is 332 g/mol. The molecule has 0 spiro atoms. The molecule has 2 unspecified atom stereocenters. The molecule has 0 radical (unpaired) electrons. The predicted molar refractivity (Wildman–Crippen MR) is 83.8 cm³/mol. The summed E-state index contributed by atoms with van der Waals surface area (Å²) < 4.78 is 4.75. The standard InChI is InChI=1S/C14H24N2O5S/c1-9(15-10(6-8-22-3)14(20)21-2)12(17)16-7-4-5-11(16)13(18)19/h9-11,15H,4-8H2,1-3H3,(H,18,19)/t9?,10?,11-/m0/s1. The molecule has 2 N–H and O–H groups in total. The lowest BCUT2D eigenvalue weighted by Gasteiger charge is -2.27. The Morgan fingerprint density at radius 2 is 2.14 bits per heavy atom. The average molecular weight is 332 g/mol. The molecule has 1 amide bonds. The summed E-state index contributed by atoms with van der Waals surface area (Å²) in [5, 5.41) is 12.1. The molecule has 0 aromatic rings. The first-order valence-electron chi connectivity index (χ1n) is 7.28. The summed E-state index contributed by atoms with van der Waals surface area (Å²) in [4.78, 5) is 36.7. The van der Waals surface area contributed by atoms with Crippen molar-refractivity contribution in [3.8, 4) is 0 Å². The Balaban J connectivity index is 2.67. The van der Waals surface area contributed by atoms with Crippen LogP contribution in [-0.2, 0) is 19.1 Å². The van der Waals surface area contributed by atoms with Crippen LogP contribution >= 0.6 is 11.8 Å². The highest BCUT2D eigenvalue weighted by Crippen LogP contribution is 2.18. The molecule has 0 saturated carbocycles. The van der Waals surface area contributed by atoms with E-state index >= 15 is 0 Å². The number of carboxylic acid groups (broad SMARTS) is 1. The number of aliphatic carboxylic acids is 1. The van der Waals surface area contributed by atoms with Gasteiger partial charge in [-0.1, -0.05) is 0 Å². The lowest BCUT2D eigenvalue weighted by molar-refractivity contribution is -0.149. The zero-order chi connectivity index (χ0) is 16.7. The number of hydrogen-bond acceptors (Lipinski definition) is 6. The summed E-state index contributed by atoms with van der Waals surface area (Å²) >= 11 is 1.60. The maximum absolute atomic E-state index is 12.4. The van der Waals surface area contributed by atoms with Crippen LogP contribution in [0, 0.1) is 0 Å². The first-order valence-corrected chi connectivity index (χ1v) is 8.67. The zero-order valence-electron chi connectivity index (χ0n) is 13.2. The van der Waals surface area contributed by atoms with Gasteiger partial charge in [0.2, 0.25) is 5.91 Å². The van der Waals surface area contributed by atoms with Gasteiger partial charge in [0.25, 0.3) is 0 Å². The Bertz CT molecular complexity index is 418. The van der Waals surface area contributed by atoms with Crippen molar-refractivity contribution in [1.29, 1.82) is 0 Å². The van der Waals surface area contributed by atoms with Gasteiger partial charge in [-0.05, 0) is 38.2 Å². The Kier molecular flexibility index (Phi) is 7.67. The van der Waals surface area contributed by atoms with Gasteiger partial charge in [0.1, 0.15) is 12.1 Å². The van der Waals surface area contributed by atoms with Crippen LogP contribution in [0.2, 0.25) is 0 Å². The van der Waals surface area contributed by atoms with Crippen LogP contribution in [0.4, 0.5) is 0 Å². The van der Waals surface area contributed by atoms with Gasteiger partial charge in [-0.25, -0.2) is 4.79 Å². The minimum atomic E-state index is -0.982. The maximum atomic E-state index is 12.4. The van der Waals surface area contributed by atoms with E-state index in [1.165, 1.54) is 12.0 Å². The largest absolute Gasteiger partial charge is 0.480 e. The number of esters is 1. The molecular weight excluding hydrogens is 308 g/mol. The molecule has 126 valence electrons. The van der Waals surface area contributed by atoms with Crippen molar-refractivity contribution in [2.24, 2.45) is 0 Å². The van der Waals surface area contributed by atoms with Crippen molar-refractivity contribution < 1.29 is 24.2 Å². The molecule has 1 heterocycles. The first kappa shape index (κ1) is 18.8. The van der Waals surface area contributed by atoms with Crippen molar-refractivity contribution in [2.75, 3.05) is 25.7 Å². The summed E-state index contributed by atoms with van der Waals surface area (Å²) in [5.74, 6) is -0.924. The number of thioether (sulfide) groups is 1. The van der Waals surface area contributed by atoms with E-state index in [-0.39, 0.29) is 5.91 Å². The highest BCUT2D eigenvalue weighted by atomic mass is 32.2. The second-order valence-corrected chi connectivity index (χ2v) is 6.26. The predicted octanol–water partition coefficient (Wildman–Crippen LogP) is 0.335. The van der Waals surface area contributed by atoms with E-state index in [1.54, 1.807) is 18.7 Å². The van der Waals surface area contributed by atoms with Crippen molar-refractivity contribution in [3.63, 3.8) is 0 Å². The Labute approximate surface area is 134 Å². The Hall–Kier alpha value is -1.28. The van der Waals surface area contributed by atoms with Crippen molar-refractivity contribution in [1.82, 2.24) is 10.2 Å². The molecule has 1 saturated heterocycles. The summed E-state index contributed by atoms with van der Waals surface area (Å²) in [7, 11) is 1.31. The Morgan fingerprint density at radius 1 is 1.45 bits per heavy atom. The van der Waals surface area contributed by atoms with Gasteiger partial charge in [-0.15, -0.1) is 0 Å². The third kappa shape index (κ3) is 4.88. The molecule has 8 heteroatoms. The van der Waals surface area contributed by atoms with E-state index in [2.05, 4.69) is 5.32 Å². The minimum absolute atomic E-state index is 0.289. The van der Waals surface area contributed by atoms with E-state index in [1.807, 2.05) is 6.26 Å². The second-order valence-electron chi connectivity index (χ2n) is 5.27. The van der Waals surface area contributed by atoms with Gasteiger partial charge < -0.3 is 14.7 Å². The van der Waals surface area contributed by atoms with Crippen LogP contribution in [0.1, 0.15) is 26.2 Å². The molecule has 1 fully saturated rings. The Morgan fingerprint density at radius 3 is 2.68 bits per heavy atom. The zero-order valence-corrected chi connectivity index (χ0v) is 14.0. The third-order valence-electron chi connectivity index (χ3n) is 3.74. The summed E-state index contributed by atoms with van der Waals surface area (Å²) in [5.41, 5.74) is 0. The molecule has 0 aromatic heterocycles. The highest BCUT2D eigenvalue weighted by Gasteiger charge is 2.36. The molecule has 3 atom stereocenters. The molecule has 1 aliphatic heterocycles. The van der Waals surface area contributed by atoms with Gasteiger partial charge in [0, 0.05) is 6.54 Å². The van der Waals surface area contributed by atoms with Crippen molar-refractivity contribution in [2.45, 2.75) is 44.3 Å². The van der Waals surface area contributed by atoms with E-state index in [0.29, 0.717) is 25.8 Å². The normalized spacial score (nSPS) is 20.5. The van der Waals surface area contributed by atoms with E-state index in [9.17, 15) is 14.4 Å². The number of rotatable bonds is 8. The van der Waals surface area contributed by atoms with Gasteiger partial charge in [0.05, 0.1) is 13.2 Å². The van der Waals surface area contributed by atoms with Crippen LogP contribution in [-0.4, -0.2) is 71.6 Å². The molecule has 7 nitrogen and oxygen atoms in total. The number of nitrogens with zero attached hydrogens (tertiary/aromatic N) is 1. The molecule has 22 heavy (non-hydrogen) atoms. The van der Waals surface area contributed by atoms with Gasteiger partial charge in [-0.2, -0.15) is 11.8 Å². The van der Waals surface area contributed by atoms with Crippen molar-refractivity contribution in [3.05, 3.63) is 0 Å². The quantitative estimate of drug-likeness (QED) is 0.619. The van der Waals surface area contributed by atoms with Gasteiger partial charge in [-0.3, -0.25) is 14.9 Å². The molecule has 1 rings (SSSR count). The fourth-order valence-corrected chi connectivity index (χ4v) is 3.03.